The molecule has 3 aliphatic rings. The number of nitrogens with zero attached hydrogens (tertiary/aromatic N) is 6. The van der Waals surface area contributed by atoms with Crippen molar-refractivity contribution in [3.05, 3.63) is 59.8 Å². The maximum atomic E-state index is 15.1. The number of aryl methyl sites for hydroxylation is 1. The lowest BCUT2D eigenvalue weighted by molar-refractivity contribution is -0.137. The van der Waals surface area contributed by atoms with Crippen LogP contribution in [0.2, 0.25) is 0 Å². The number of rotatable bonds is 7. The lowest BCUT2D eigenvalue weighted by Crippen LogP contribution is -2.56. The summed E-state index contributed by atoms with van der Waals surface area (Å²) < 4.78 is 46.5. The van der Waals surface area contributed by atoms with Crippen LogP contribution in [-0.2, 0) is 9.47 Å². The molecule has 13 heteroatoms. The summed E-state index contributed by atoms with van der Waals surface area (Å²) in [7, 11) is 0. The zero-order chi connectivity index (χ0) is 34.1. The normalized spacial score (nSPS) is 20.1. The van der Waals surface area contributed by atoms with Gasteiger partial charge >= 0.3 is 12.0 Å². The third kappa shape index (κ3) is 7.61. The molecule has 3 fully saturated rings. The quantitative estimate of drug-likeness (QED) is 0.343. The number of anilines is 3. The molecule has 1 amide bonds. The zero-order valence-corrected chi connectivity index (χ0v) is 27.7. The highest BCUT2D eigenvalue weighted by atomic mass is 19.3. The minimum atomic E-state index is -3.34. The first-order valence-corrected chi connectivity index (χ1v) is 16.2. The van der Waals surface area contributed by atoms with Crippen LogP contribution < -0.4 is 15.0 Å². The number of hydrogen-bond donors (Lipinski definition) is 1. The van der Waals surface area contributed by atoms with Gasteiger partial charge in [-0.15, -0.1) is 0 Å². The first kappa shape index (κ1) is 33.4. The Morgan fingerprint density at radius 3 is 2.50 bits per heavy atom. The van der Waals surface area contributed by atoms with Crippen molar-refractivity contribution in [1.29, 1.82) is 5.26 Å². The van der Waals surface area contributed by atoms with Crippen molar-refractivity contribution < 1.29 is 27.8 Å². The number of hydrogen-bond acceptors (Lipinski definition) is 10. The Bertz CT molecular complexity index is 1680. The fraction of sp³-hybridized carbons (Fsp3) is 0.486. The molecule has 3 saturated heterocycles. The van der Waals surface area contributed by atoms with Crippen LogP contribution >= 0.6 is 0 Å². The minimum Gasteiger partial charge on any atom is -0.483 e. The van der Waals surface area contributed by atoms with Gasteiger partial charge in [-0.3, -0.25) is 4.90 Å². The number of carbonyl (C=O) groups is 1. The molecule has 48 heavy (non-hydrogen) atoms. The van der Waals surface area contributed by atoms with Crippen molar-refractivity contribution in [2.45, 2.75) is 57.8 Å². The first-order valence-electron chi connectivity index (χ1n) is 16.2. The van der Waals surface area contributed by atoms with Crippen LogP contribution in [0.3, 0.4) is 0 Å². The van der Waals surface area contributed by atoms with Crippen LogP contribution in [0.15, 0.2) is 48.7 Å². The highest BCUT2D eigenvalue weighted by Gasteiger charge is 2.48. The number of nitriles is 1. The lowest BCUT2D eigenvalue weighted by Gasteiger charge is -2.43. The summed E-state index contributed by atoms with van der Waals surface area (Å²) in [5.41, 5.74) is 3.57. The van der Waals surface area contributed by atoms with Crippen LogP contribution in [0.5, 0.6) is 5.75 Å². The van der Waals surface area contributed by atoms with Crippen LogP contribution in [0.25, 0.3) is 11.3 Å². The zero-order valence-electron chi connectivity index (χ0n) is 27.7. The van der Waals surface area contributed by atoms with E-state index in [1.807, 2.05) is 13.0 Å². The van der Waals surface area contributed by atoms with Crippen molar-refractivity contribution in [1.82, 2.24) is 19.8 Å². The van der Waals surface area contributed by atoms with Crippen molar-refractivity contribution in [3.8, 4) is 23.1 Å². The van der Waals surface area contributed by atoms with Gasteiger partial charge in [0.2, 0.25) is 5.95 Å². The Hall–Kier alpha value is -4.54. The number of amides is 1. The molecule has 3 aliphatic heterocycles. The topological polar surface area (TPSA) is 116 Å². The van der Waals surface area contributed by atoms with Gasteiger partial charge < -0.3 is 29.3 Å². The van der Waals surface area contributed by atoms with E-state index in [4.69, 9.17) is 14.2 Å². The average Bonchev–Trinajstić information content (AvgIpc) is 3.02. The number of likely N-dealkylation sites (tertiary alicyclic amines) is 1. The van der Waals surface area contributed by atoms with Gasteiger partial charge in [-0.25, -0.2) is 23.5 Å². The Balaban J connectivity index is 1.10. The number of piperidine rings is 1. The van der Waals surface area contributed by atoms with Gasteiger partial charge in [-0.2, -0.15) is 5.26 Å². The van der Waals surface area contributed by atoms with Gasteiger partial charge in [0.1, 0.15) is 17.4 Å². The molecule has 1 atom stereocenters. The number of alkyl halides is 2. The van der Waals surface area contributed by atoms with Gasteiger partial charge in [-0.05, 0) is 75.7 Å². The highest BCUT2D eigenvalue weighted by Crippen LogP contribution is 2.34. The van der Waals surface area contributed by atoms with E-state index in [-0.39, 0.29) is 24.3 Å². The second-order valence-corrected chi connectivity index (χ2v) is 13.5. The predicted octanol–water partition coefficient (Wildman–Crippen LogP) is 5.61. The van der Waals surface area contributed by atoms with Crippen molar-refractivity contribution in [2.75, 3.05) is 62.7 Å². The van der Waals surface area contributed by atoms with E-state index in [2.05, 4.69) is 43.3 Å². The van der Waals surface area contributed by atoms with Crippen molar-refractivity contribution in [3.63, 3.8) is 0 Å². The number of aromatic nitrogens is 2. The van der Waals surface area contributed by atoms with E-state index in [9.17, 15) is 10.1 Å². The lowest BCUT2D eigenvalue weighted by atomic mass is 10.0. The summed E-state index contributed by atoms with van der Waals surface area (Å²) in [4.78, 5) is 27.3. The Morgan fingerprint density at radius 1 is 1.08 bits per heavy atom. The second-order valence-electron chi connectivity index (χ2n) is 13.5. The maximum absolute atomic E-state index is 15.1. The fourth-order valence-electron chi connectivity index (χ4n) is 6.04. The predicted molar refractivity (Wildman–Crippen MR) is 177 cm³/mol. The van der Waals surface area contributed by atoms with E-state index in [0.717, 1.165) is 55.5 Å². The van der Waals surface area contributed by atoms with Gasteiger partial charge in [0.25, 0.3) is 0 Å². The summed E-state index contributed by atoms with van der Waals surface area (Å²) in [6, 6.07) is 15.4. The molecule has 6 rings (SSSR count). The SMILES string of the molecule is Cc1cc(N2CCN(C3COC3)CC2)ccc1Nc1nccc(-c2ccc(OC3CCN(C(=O)OC(C)(C)C)CC3(F)F)c(C#N)c2)n1. The summed E-state index contributed by atoms with van der Waals surface area (Å²) in [6.07, 6.45) is -0.799. The van der Waals surface area contributed by atoms with Gasteiger partial charge in [-0.1, -0.05) is 0 Å². The number of piperazine rings is 1. The second kappa shape index (κ2) is 13.5. The molecule has 11 nitrogen and oxygen atoms in total. The third-order valence-electron chi connectivity index (χ3n) is 8.78. The number of benzene rings is 2. The summed E-state index contributed by atoms with van der Waals surface area (Å²) in [5, 5.41) is 13.2. The highest BCUT2D eigenvalue weighted by molar-refractivity contribution is 5.69. The molecule has 1 unspecified atom stereocenters. The van der Waals surface area contributed by atoms with E-state index in [1.54, 1.807) is 45.2 Å². The Kier molecular flexibility index (Phi) is 9.40. The summed E-state index contributed by atoms with van der Waals surface area (Å²) in [5.74, 6) is -2.92. The largest absolute Gasteiger partial charge is 0.483 e. The smallest absolute Gasteiger partial charge is 0.410 e. The Morgan fingerprint density at radius 2 is 1.85 bits per heavy atom. The van der Waals surface area contributed by atoms with Crippen LogP contribution in [-0.4, -0.2) is 102 Å². The van der Waals surface area contributed by atoms with Gasteiger partial charge in [0, 0.05) is 62.3 Å². The van der Waals surface area contributed by atoms with Gasteiger partial charge in [0.15, 0.2) is 6.10 Å². The molecular weight excluding hydrogens is 620 g/mol. The van der Waals surface area contributed by atoms with E-state index < -0.39 is 30.3 Å². The number of ether oxygens (including phenoxy) is 3. The molecule has 254 valence electrons. The molecule has 0 aliphatic carbocycles. The summed E-state index contributed by atoms with van der Waals surface area (Å²) in [6.45, 7) is 12.0. The third-order valence-corrected chi connectivity index (χ3v) is 8.78. The average molecular weight is 662 g/mol. The number of nitrogens with one attached hydrogen (secondary N) is 1. The molecule has 0 radical (unpaired) electrons. The molecule has 0 spiro atoms. The Labute approximate surface area is 279 Å². The number of halogens is 2. The fourth-order valence-corrected chi connectivity index (χ4v) is 6.04. The van der Waals surface area contributed by atoms with Gasteiger partial charge in [0.05, 0.1) is 37.1 Å². The van der Waals surface area contributed by atoms with Crippen LogP contribution in [0.4, 0.5) is 30.9 Å². The summed E-state index contributed by atoms with van der Waals surface area (Å²) >= 11 is 0. The van der Waals surface area contributed by atoms with Crippen molar-refractivity contribution >= 4 is 23.4 Å². The standard InChI is InChI=1S/C35H41F2N7O4/c1-23-17-26(42-13-15-43(16-14-42)27-20-46-21-27)6-7-28(23)40-32-39-11-9-29(41-32)24-5-8-30(25(18-24)19-38)47-31-10-12-44(22-35(31,36)37)33(45)48-34(2,3)4/h5-9,11,17-18,27,31H,10,12-16,20-22H2,1-4H3,(H,39,40,41). The molecule has 4 heterocycles. The molecule has 3 aromatic rings. The van der Waals surface area contributed by atoms with E-state index >= 15 is 8.78 Å². The molecule has 1 aromatic heterocycles. The van der Waals surface area contributed by atoms with E-state index in [1.165, 1.54) is 11.8 Å². The minimum absolute atomic E-state index is 0.0400. The molecule has 1 N–H and O–H groups in total. The molecule has 2 aromatic carbocycles. The molecule has 0 bridgehead atoms. The number of carbonyl (C=O) groups excluding carboxylic acids is 1. The van der Waals surface area contributed by atoms with Crippen LogP contribution in [0.1, 0.15) is 38.3 Å². The molecule has 0 saturated carbocycles. The monoisotopic (exact) mass is 661 g/mol. The van der Waals surface area contributed by atoms with Crippen LogP contribution in [0, 0.1) is 18.3 Å². The maximum Gasteiger partial charge on any atom is 0.410 e. The van der Waals surface area contributed by atoms with Crippen molar-refractivity contribution in [2.24, 2.45) is 0 Å². The van der Waals surface area contributed by atoms with E-state index in [0.29, 0.717) is 23.2 Å². The first-order chi connectivity index (χ1) is 22.9. The molecular formula is C35H41F2N7O4.